The molecule has 0 spiro atoms. The zero-order chi connectivity index (χ0) is 20.9. The predicted molar refractivity (Wildman–Crippen MR) is 107 cm³/mol. The highest BCUT2D eigenvalue weighted by Crippen LogP contribution is 2.26. The van der Waals surface area contributed by atoms with E-state index in [2.05, 4.69) is 5.32 Å². The van der Waals surface area contributed by atoms with E-state index in [0.717, 1.165) is 11.1 Å². The number of halogens is 1. The van der Waals surface area contributed by atoms with Crippen LogP contribution in [-0.4, -0.2) is 38.3 Å². The molecule has 6 nitrogen and oxygen atoms in total. The second kappa shape index (κ2) is 9.16. The van der Waals surface area contributed by atoms with E-state index in [1.807, 2.05) is 0 Å². The van der Waals surface area contributed by atoms with Crippen molar-refractivity contribution in [3.8, 4) is 5.75 Å². The van der Waals surface area contributed by atoms with Crippen molar-refractivity contribution in [1.82, 2.24) is 4.31 Å². The molecule has 0 fully saturated rings. The van der Waals surface area contributed by atoms with Crippen molar-refractivity contribution in [3.05, 3.63) is 53.3 Å². The van der Waals surface area contributed by atoms with Gasteiger partial charge in [-0.1, -0.05) is 13.8 Å². The molecule has 2 rings (SSSR count). The van der Waals surface area contributed by atoms with Crippen LogP contribution in [0.4, 0.5) is 10.1 Å². The Morgan fingerprint density at radius 3 is 2.29 bits per heavy atom. The van der Waals surface area contributed by atoms with Gasteiger partial charge in [-0.3, -0.25) is 4.79 Å². The van der Waals surface area contributed by atoms with E-state index in [-0.39, 0.29) is 11.5 Å². The lowest BCUT2D eigenvalue weighted by Gasteiger charge is -2.20. The number of rotatable bonds is 8. The van der Waals surface area contributed by atoms with E-state index >= 15 is 0 Å². The average Bonchev–Trinajstić information content (AvgIpc) is 2.65. The molecule has 0 aliphatic heterocycles. The van der Waals surface area contributed by atoms with Gasteiger partial charge in [-0.2, -0.15) is 4.31 Å². The molecule has 0 saturated heterocycles. The molecule has 0 heterocycles. The van der Waals surface area contributed by atoms with Crippen molar-refractivity contribution in [2.45, 2.75) is 32.6 Å². The Labute approximate surface area is 165 Å². The van der Waals surface area contributed by atoms with Crippen LogP contribution in [0.15, 0.2) is 41.3 Å². The van der Waals surface area contributed by atoms with Crippen LogP contribution in [0.2, 0.25) is 0 Å². The second-order valence-electron chi connectivity index (χ2n) is 6.29. The summed E-state index contributed by atoms with van der Waals surface area (Å²) in [6, 6.07) is 8.40. The summed E-state index contributed by atoms with van der Waals surface area (Å²) in [6.07, 6.45) is 0. The van der Waals surface area contributed by atoms with E-state index in [4.69, 9.17) is 4.74 Å². The van der Waals surface area contributed by atoms with Crippen LogP contribution in [0.1, 0.15) is 25.0 Å². The Morgan fingerprint density at radius 1 is 1.11 bits per heavy atom. The number of hydrogen-bond donors (Lipinski definition) is 1. The second-order valence-corrected chi connectivity index (χ2v) is 8.23. The lowest BCUT2D eigenvalue weighted by Crippen LogP contribution is -2.31. The number of amides is 1. The number of nitrogens with zero attached hydrogens (tertiary/aromatic N) is 1. The molecule has 2 aromatic rings. The summed E-state index contributed by atoms with van der Waals surface area (Å²) in [5, 5.41) is 2.70. The van der Waals surface area contributed by atoms with Crippen LogP contribution in [0.5, 0.6) is 5.75 Å². The molecule has 1 N–H and O–H groups in total. The summed E-state index contributed by atoms with van der Waals surface area (Å²) >= 11 is 0. The van der Waals surface area contributed by atoms with Gasteiger partial charge in [0.15, 0.2) is 6.61 Å². The maximum absolute atomic E-state index is 12.9. The van der Waals surface area contributed by atoms with Gasteiger partial charge in [0, 0.05) is 18.8 Å². The van der Waals surface area contributed by atoms with Crippen molar-refractivity contribution < 1.29 is 22.3 Å². The third kappa shape index (κ3) is 5.08. The SMILES string of the molecule is CCN(CC)S(=O)(=O)c1cc(C)c(C)c(NC(=O)COc2ccc(F)cc2)c1. The smallest absolute Gasteiger partial charge is 0.262 e. The molecular formula is C20H25FN2O4S. The fourth-order valence-corrected chi connectivity index (χ4v) is 4.25. The fourth-order valence-electron chi connectivity index (χ4n) is 2.68. The van der Waals surface area contributed by atoms with Crippen LogP contribution >= 0.6 is 0 Å². The summed E-state index contributed by atoms with van der Waals surface area (Å²) in [4.78, 5) is 12.4. The van der Waals surface area contributed by atoms with Gasteiger partial charge in [0.2, 0.25) is 10.0 Å². The summed E-state index contributed by atoms with van der Waals surface area (Å²) in [5.74, 6) is -0.472. The molecule has 0 atom stereocenters. The molecule has 0 aliphatic rings. The normalized spacial score (nSPS) is 11.5. The number of sulfonamides is 1. The number of benzene rings is 2. The van der Waals surface area contributed by atoms with Gasteiger partial charge in [-0.15, -0.1) is 0 Å². The zero-order valence-electron chi connectivity index (χ0n) is 16.5. The topological polar surface area (TPSA) is 75.7 Å². The summed E-state index contributed by atoms with van der Waals surface area (Å²) in [7, 11) is -3.64. The molecular weight excluding hydrogens is 383 g/mol. The van der Waals surface area contributed by atoms with Crippen LogP contribution in [0, 0.1) is 19.7 Å². The minimum atomic E-state index is -3.64. The van der Waals surface area contributed by atoms with Gasteiger partial charge in [-0.05, 0) is 61.4 Å². The Kier molecular flexibility index (Phi) is 7.15. The first-order valence-electron chi connectivity index (χ1n) is 8.98. The van der Waals surface area contributed by atoms with Gasteiger partial charge >= 0.3 is 0 Å². The number of aryl methyl sites for hydroxylation is 1. The Balaban J connectivity index is 2.19. The molecule has 28 heavy (non-hydrogen) atoms. The van der Waals surface area contributed by atoms with E-state index < -0.39 is 21.7 Å². The van der Waals surface area contributed by atoms with Crippen LogP contribution in [-0.2, 0) is 14.8 Å². The lowest BCUT2D eigenvalue weighted by molar-refractivity contribution is -0.118. The first-order valence-corrected chi connectivity index (χ1v) is 10.4. The Bertz CT molecular complexity index is 939. The van der Waals surface area contributed by atoms with Crippen molar-refractivity contribution in [2.24, 2.45) is 0 Å². The molecule has 0 saturated carbocycles. The predicted octanol–water partition coefficient (Wildman–Crippen LogP) is 3.49. The van der Waals surface area contributed by atoms with E-state index in [1.165, 1.54) is 34.6 Å². The quantitative estimate of drug-likeness (QED) is 0.726. The van der Waals surface area contributed by atoms with Crippen LogP contribution in [0.25, 0.3) is 0 Å². The maximum Gasteiger partial charge on any atom is 0.262 e. The average molecular weight is 408 g/mol. The molecule has 0 radical (unpaired) electrons. The minimum Gasteiger partial charge on any atom is -0.484 e. The van der Waals surface area contributed by atoms with E-state index in [0.29, 0.717) is 24.5 Å². The highest BCUT2D eigenvalue weighted by Gasteiger charge is 2.23. The number of carbonyl (C=O) groups is 1. The van der Waals surface area contributed by atoms with Crippen molar-refractivity contribution in [2.75, 3.05) is 25.0 Å². The molecule has 0 bridgehead atoms. The molecule has 0 aliphatic carbocycles. The fraction of sp³-hybridized carbons (Fsp3) is 0.350. The first-order chi connectivity index (χ1) is 13.2. The summed E-state index contributed by atoms with van der Waals surface area (Å²) in [6.45, 7) is 7.59. The summed E-state index contributed by atoms with van der Waals surface area (Å²) in [5.41, 5.74) is 1.94. The van der Waals surface area contributed by atoms with Crippen LogP contribution < -0.4 is 10.1 Å². The standard InChI is InChI=1S/C20H25FN2O4S/c1-5-23(6-2)28(25,26)18-11-14(3)15(4)19(12-18)22-20(24)13-27-17-9-7-16(21)8-10-17/h7-12H,5-6,13H2,1-4H3,(H,22,24). The van der Waals surface area contributed by atoms with Gasteiger partial charge in [-0.25, -0.2) is 12.8 Å². The van der Waals surface area contributed by atoms with E-state index in [1.54, 1.807) is 33.8 Å². The molecule has 0 unspecified atom stereocenters. The Hall–Kier alpha value is -2.45. The largest absolute Gasteiger partial charge is 0.484 e. The van der Waals surface area contributed by atoms with E-state index in [9.17, 15) is 17.6 Å². The van der Waals surface area contributed by atoms with Gasteiger partial charge in [0.25, 0.3) is 5.91 Å². The number of nitrogens with one attached hydrogen (secondary N) is 1. The maximum atomic E-state index is 12.9. The highest BCUT2D eigenvalue weighted by atomic mass is 32.2. The number of ether oxygens (including phenoxy) is 1. The molecule has 2 aromatic carbocycles. The van der Waals surface area contributed by atoms with Gasteiger partial charge < -0.3 is 10.1 Å². The molecule has 1 amide bonds. The highest BCUT2D eigenvalue weighted by molar-refractivity contribution is 7.89. The third-order valence-corrected chi connectivity index (χ3v) is 6.47. The monoisotopic (exact) mass is 408 g/mol. The third-order valence-electron chi connectivity index (χ3n) is 4.44. The lowest BCUT2D eigenvalue weighted by atomic mass is 10.1. The van der Waals surface area contributed by atoms with Crippen molar-refractivity contribution >= 4 is 21.6 Å². The van der Waals surface area contributed by atoms with Gasteiger partial charge in [0.1, 0.15) is 11.6 Å². The van der Waals surface area contributed by atoms with Gasteiger partial charge in [0.05, 0.1) is 4.90 Å². The van der Waals surface area contributed by atoms with Crippen LogP contribution in [0.3, 0.4) is 0 Å². The Morgan fingerprint density at radius 2 is 1.71 bits per heavy atom. The van der Waals surface area contributed by atoms with Crippen molar-refractivity contribution in [3.63, 3.8) is 0 Å². The number of hydrogen-bond acceptors (Lipinski definition) is 4. The summed E-state index contributed by atoms with van der Waals surface area (Å²) < 4.78 is 45.2. The minimum absolute atomic E-state index is 0.133. The zero-order valence-corrected chi connectivity index (χ0v) is 17.3. The molecule has 8 heteroatoms. The number of carbonyl (C=O) groups excluding carboxylic acids is 1. The van der Waals surface area contributed by atoms with Crippen molar-refractivity contribution in [1.29, 1.82) is 0 Å². The molecule has 152 valence electrons. The number of anilines is 1. The first kappa shape index (κ1) is 21.8. The molecule has 0 aromatic heterocycles.